The van der Waals surface area contributed by atoms with E-state index in [0.29, 0.717) is 35.8 Å². The molecule has 1 heterocycles. The summed E-state index contributed by atoms with van der Waals surface area (Å²) in [6.07, 6.45) is 0.906. The molecule has 0 radical (unpaired) electrons. The largest absolute Gasteiger partial charge is 0.481 e. The average Bonchev–Trinajstić information content (AvgIpc) is 2.47. The minimum absolute atomic E-state index is 0.0840. The molecule has 1 aliphatic rings. The van der Waals surface area contributed by atoms with Crippen LogP contribution in [0.5, 0.6) is 0 Å². The van der Waals surface area contributed by atoms with Crippen molar-refractivity contribution in [3.8, 4) is 0 Å². The average molecular weight is 330 g/mol. The lowest BCUT2D eigenvalue weighted by Gasteiger charge is -2.30. The molecule has 1 saturated heterocycles. The maximum absolute atomic E-state index is 12.1. The van der Waals surface area contributed by atoms with Gasteiger partial charge in [0.05, 0.1) is 16.7 Å². The summed E-state index contributed by atoms with van der Waals surface area (Å²) in [6, 6.07) is 6.56. The Bertz CT molecular complexity index is 553. The van der Waals surface area contributed by atoms with Gasteiger partial charge in [-0.05, 0) is 37.1 Å². The lowest BCUT2D eigenvalue weighted by Crippen LogP contribution is -2.42. The van der Waals surface area contributed by atoms with Crippen molar-refractivity contribution in [3.63, 3.8) is 0 Å². The summed E-state index contributed by atoms with van der Waals surface area (Å²) in [7, 11) is -1.41. The lowest BCUT2D eigenvalue weighted by molar-refractivity contribution is -0.145. The molecule has 1 amide bonds. The Labute approximate surface area is 130 Å². The topological polar surface area (TPSA) is 74.7 Å². The molecular weight excluding hydrogens is 314 g/mol. The second-order valence-electron chi connectivity index (χ2n) is 4.94. The number of aliphatic carboxylic acids is 1. The molecule has 7 heteroatoms. The number of carbonyl (C=O) groups is 2. The molecule has 2 rings (SSSR count). The van der Waals surface area contributed by atoms with Crippen molar-refractivity contribution in [2.24, 2.45) is 5.92 Å². The molecule has 1 aromatic carbocycles. The fourth-order valence-electron chi connectivity index (χ4n) is 2.25. The number of carboxylic acid groups (broad SMARTS) is 1. The van der Waals surface area contributed by atoms with Crippen LogP contribution in [0.1, 0.15) is 12.8 Å². The summed E-state index contributed by atoms with van der Waals surface area (Å²) < 4.78 is 12.1. The molecule has 1 aliphatic heterocycles. The van der Waals surface area contributed by atoms with Gasteiger partial charge >= 0.3 is 5.97 Å². The number of amides is 1. The van der Waals surface area contributed by atoms with Crippen LogP contribution in [0.15, 0.2) is 29.2 Å². The van der Waals surface area contributed by atoms with Gasteiger partial charge in [-0.1, -0.05) is 11.6 Å². The van der Waals surface area contributed by atoms with E-state index in [4.69, 9.17) is 16.7 Å². The van der Waals surface area contributed by atoms with E-state index < -0.39 is 16.8 Å². The van der Waals surface area contributed by atoms with Crippen LogP contribution < -0.4 is 0 Å². The minimum Gasteiger partial charge on any atom is -0.481 e. The second-order valence-corrected chi connectivity index (χ2v) is 6.82. The maximum Gasteiger partial charge on any atom is 0.306 e. The van der Waals surface area contributed by atoms with Gasteiger partial charge in [0.15, 0.2) is 0 Å². The van der Waals surface area contributed by atoms with Crippen LogP contribution >= 0.6 is 11.6 Å². The quantitative estimate of drug-likeness (QED) is 0.913. The van der Waals surface area contributed by atoms with Gasteiger partial charge < -0.3 is 10.0 Å². The summed E-state index contributed by atoms with van der Waals surface area (Å²) in [6.45, 7) is 0.821. The zero-order chi connectivity index (χ0) is 15.4. The van der Waals surface area contributed by atoms with E-state index >= 15 is 0 Å². The first-order chi connectivity index (χ1) is 9.97. The normalized spacial score (nSPS) is 17.5. The number of rotatable bonds is 4. The molecule has 1 atom stereocenters. The van der Waals surface area contributed by atoms with Gasteiger partial charge in [0, 0.05) is 23.0 Å². The van der Waals surface area contributed by atoms with Crippen LogP contribution in [-0.2, 0) is 20.4 Å². The van der Waals surface area contributed by atoms with E-state index in [9.17, 15) is 13.8 Å². The first-order valence-electron chi connectivity index (χ1n) is 6.62. The van der Waals surface area contributed by atoms with E-state index in [1.165, 1.54) is 0 Å². The number of hydrogen-bond donors (Lipinski definition) is 1. The van der Waals surface area contributed by atoms with Crippen molar-refractivity contribution in [2.75, 3.05) is 18.8 Å². The Balaban J connectivity index is 1.89. The Morgan fingerprint density at radius 1 is 1.24 bits per heavy atom. The van der Waals surface area contributed by atoms with Gasteiger partial charge in [0.25, 0.3) is 0 Å². The van der Waals surface area contributed by atoms with Gasteiger partial charge in [0.1, 0.15) is 5.75 Å². The van der Waals surface area contributed by atoms with E-state index in [2.05, 4.69) is 0 Å². The van der Waals surface area contributed by atoms with Crippen LogP contribution in [0.3, 0.4) is 0 Å². The van der Waals surface area contributed by atoms with Gasteiger partial charge in [-0.25, -0.2) is 0 Å². The Morgan fingerprint density at radius 3 is 2.33 bits per heavy atom. The molecule has 1 fully saturated rings. The predicted molar refractivity (Wildman–Crippen MR) is 79.7 cm³/mol. The van der Waals surface area contributed by atoms with Crippen LogP contribution in [-0.4, -0.2) is 44.9 Å². The van der Waals surface area contributed by atoms with Crippen molar-refractivity contribution in [1.82, 2.24) is 4.90 Å². The molecule has 5 nitrogen and oxygen atoms in total. The van der Waals surface area contributed by atoms with E-state index in [-0.39, 0.29) is 17.6 Å². The molecule has 1 unspecified atom stereocenters. The number of piperidine rings is 1. The molecule has 1 aromatic rings. The molecular formula is C14H16ClNO4S. The highest BCUT2D eigenvalue weighted by atomic mass is 35.5. The SMILES string of the molecule is O=C(O)C1CCN(C(=O)CS(=O)c2ccc(Cl)cc2)CC1. The third-order valence-electron chi connectivity index (χ3n) is 3.53. The Hall–Kier alpha value is -1.40. The number of hydrogen-bond acceptors (Lipinski definition) is 3. The van der Waals surface area contributed by atoms with E-state index in [1.807, 2.05) is 0 Å². The van der Waals surface area contributed by atoms with Crippen molar-refractivity contribution in [2.45, 2.75) is 17.7 Å². The standard InChI is InChI=1S/C14H16ClNO4S/c15-11-1-3-12(4-2-11)21(20)9-13(17)16-7-5-10(6-8-16)14(18)19/h1-4,10H,5-9H2,(H,18,19). The van der Waals surface area contributed by atoms with Crippen molar-refractivity contribution in [1.29, 1.82) is 0 Å². The van der Waals surface area contributed by atoms with Crippen LogP contribution in [0.4, 0.5) is 0 Å². The summed E-state index contributed by atoms with van der Waals surface area (Å²) in [5, 5.41) is 9.47. The predicted octanol–water partition coefficient (Wildman–Crippen LogP) is 1.77. The first-order valence-corrected chi connectivity index (χ1v) is 8.31. The number of carboxylic acids is 1. The molecule has 0 spiro atoms. The molecule has 0 bridgehead atoms. The minimum atomic E-state index is -1.41. The van der Waals surface area contributed by atoms with Gasteiger partial charge in [-0.3, -0.25) is 13.8 Å². The van der Waals surface area contributed by atoms with E-state index in [0.717, 1.165) is 0 Å². The molecule has 114 valence electrons. The lowest BCUT2D eigenvalue weighted by atomic mass is 9.97. The molecule has 0 saturated carbocycles. The maximum atomic E-state index is 12.1. The molecule has 1 N–H and O–H groups in total. The van der Waals surface area contributed by atoms with Gasteiger partial charge in [-0.2, -0.15) is 0 Å². The molecule has 21 heavy (non-hydrogen) atoms. The summed E-state index contributed by atoms with van der Waals surface area (Å²) in [5.41, 5.74) is 0. The second kappa shape index (κ2) is 7.04. The van der Waals surface area contributed by atoms with Crippen molar-refractivity contribution in [3.05, 3.63) is 29.3 Å². The van der Waals surface area contributed by atoms with Crippen LogP contribution in [0.25, 0.3) is 0 Å². The number of nitrogens with zero attached hydrogens (tertiary/aromatic N) is 1. The Kier molecular flexibility index (Phi) is 5.36. The number of halogens is 1. The number of benzene rings is 1. The summed E-state index contributed by atoms with van der Waals surface area (Å²) in [4.78, 5) is 25.1. The summed E-state index contributed by atoms with van der Waals surface area (Å²) in [5.74, 6) is -1.48. The number of likely N-dealkylation sites (tertiary alicyclic amines) is 1. The highest BCUT2D eigenvalue weighted by Gasteiger charge is 2.27. The smallest absolute Gasteiger partial charge is 0.306 e. The summed E-state index contributed by atoms with van der Waals surface area (Å²) >= 11 is 5.76. The molecule has 0 aromatic heterocycles. The highest BCUT2D eigenvalue weighted by Crippen LogP contribution is 2.18. The van der Waals surface area contributed by atoms with Crippen LogP contribution in [0, 0.1) is 5.92 Å². The monoisotopic (exact) mass is 329 g/mol. The first kappa shape index (κ1) is 16.0. The fraction of sp³-hybridized carbons (Fsp3) is 0.429. The fourth-order valence-corrected chi connectivity index (χ4v) is 3.39. The third kappa shape index (κ3) is 4.28. The van der Waals surface area contributed by atoms with Crippen LogP contribution in [0.2, 0.25) is 5.02 Å². The van der Waals surface area contributed by atoms with Crippen molar-refractivity contribution < 1.29 is 18.9 Å². The van der Waals surface area contributed by atoms with Crippen molar-refractivity contribution >= 4 is 34.3 Å². The van der Waals surface area contributed by atoms with Gasteiger partial charge in [-0.15, -0.1) is 0 Å². The molecule has 0 aliphatic carbocycles. The highest BCUT2D eigenvalue weighted by molar-refractivity contribution is 7.85. The number of carbonyl (C=O) groups excluding carboxylic acids is 1. The van der Waals surface area contributed by atoms with E-state index in [1.54, 1.807) is 29.2 Å². The zero-order valence-corrected chi connectivity index (χ0v) is 12.9. The Morgan fingerprint density at radius 2 is 1.81 bits per heavy atom. The zero-order valence-electron chi connectivity index (χ0n) is 11.3. The third-order valence-corrected chi connectivity index (χ3v) is 5.09. The van der Waals surface area contributed by atoms with Gasteiger partial charge in [0.2, 0.25) is 5.91 Å².